The largest absolute Gasteiger partial charge is 0.256 e. The van der Waals surface area contributed by atoms with Crippen molar-refractivity contribution < 1.29 is 4.57 Å². The molecular formula is C4H10NOP. The van der Waals surface area contributed by atoms with E-state index in [1.807, 2.05) is 13.8 Å². The molecule has 0 aliphatic heterocycles. The average molecular weight is 119 g/mol. The maximum Gasteiger partial charge on any atom is 0.248 e. The molecule has 7 heavy (non-hydrogen) atoms. The van der Waals surface area contributed by atoms with Gasteiger partial charge in [0.25, 0.3) is 0 Å². The molecule has 0 aromatic rings. The van der Waals surface area contributed by atoms with Crippen LogP contribution in [-0.2, 0) is 4.57 Å². The lowest BCUT2D eigenvalue weighted by Crippen LogP contribution is -2.08. The summed E-state index contributed by atoms with van der Waals surface area (Å²) < 4.78 is 11.8. The lowest BCUT2D eigenvalue weighted by molar-refractivity contribution is 0.475. The van der Waals surface area contributed by atoms with Gasteiger partial charge < -0.3 is 0 Å². The molecule has 0 saturated carbocycles. The fourth-order valence-corrected chi connectivity index (χ4v) is 0.570. The summed E-state index contributed by atoms with van der Waals surface area (Å²) in [6, 6.07) is 0. The molecule has 0 spiro atoms. The monoisotopic (exact) mass is 119 g/mol. The molecule has 3 heteroatoms. The number of nitrogens with zero attached hydrogens (tertiary/aromatic N) is 1. The Kier molecular flexibility index (Phi) is 4.26. The van der Waals surface area contributed by atoms with E-state index in [0.717, 1.165) is 13.1 Å². The van der Waals surface area contributed by atoms with Crippen molar-refractivity contribution in [3.8, 4) is 0 Å². The van der Waals surface area contributed by atoms with Crippen LogP contribution in [0.4, 0.5) is 0 Å². The van der Waals surface area contributed by atoms with Gasteiger partial charge in [-0.15, -0.1) is 0 Å². The van der Waals surface area contributed by atoms with E-state index in [1.54, 1.807) is 4.67 Å². The molecular weight excluding hydrogens is 109 g/mol. The maximum atomic E-state index is 9.99. The third kappa shape index (κ3) is 2.72. The second kappa shape index (κ2) is 4.23. The van der Waals surface area contributed by atoms with E-state index in [2.05, 4.69) is 0 Å². The van der Waals surface area contributed by atoms with Crippen LogP contribution in [0.5, 0.6) is 0 Å². The zero-order valence-electron chi connectivity index (χ0n) is 4.72. The molecule has 0 aliphatic carbocycles. The molecule has 2 nitrogen and oxygen atoms in total. The quantitative estimate of drug-likeness (QED) is 0.525. The third-order valence-electron chi connectivity index (χ3n) is 0.846. The van der Waals surface area contributed by atoms with Gasteiger partial charge in [-0.3, -0.25) is 4.57 Å². The predicted octanol–water partition coefficient (Wildman–Crippen LogP) is 1.53. The van der Waals surface area contributed by atoms with E-state index in [0.29, 0.717) is 0 Å². The first kappa shape index (κ1) is 7.06. The number of rotatable bonds is 3. The molecule has 0 N–H and O–H groups in total. The van der Waals surface area contributed by atoms with Gasteiger partial charge in [-0.05, 0) is 0 Å². The molecule has 0 rings (SSSR count). The van der Waals surface area contributed by atoms with Crippen LogP contribution in [0.15, 0.2) is 0 Å². The number of hydrogen-bond donors (Lipinski definition) is 0. The fraction of sp³-hybridized carbons (Fsp3) is 1.00. The van der Waals surface area contributed by atoms with E-state index in [9.17, 15) is 4.57 Å². The summed E-state index contributed by atoms with van der Waals surface area (Å²) in [5.41, 5.74) is 0. The first-order valence-electron chi connectivity index (χ1n) is 2.43. The molecule has 0 aliphatic rings. The minimum Gasteiger partial charge on any atom is -0.256 e. The van der Waals surface area contributed by atoms with E-state index in [1.165, 1.54) is 0 Å². The van der Waals surface area contributed by atoms with E-state index < -0.39 is 0 Å². The Bertz CT molecular complexity index is 53.7. The zero-order chi connectivity index (χ0) is 5.70. The highest BCUT2D eigenvalue weighted by Gasteiger charge is 1.91. The van der Waals surface area contributed by atoms with Gasteiger partial charge in [-0.2, -0.15) is 0 Å². The molecule has 0 atom stereocenters. The molecule has 0 heterocycles. The van der Waals surface area contributed by atoms with Gasteiger partial charge in [0.1, 0.15) is 0 Å². The van der Waals surface area contributed by atoms with Crippen molar-refractivity contribution in [2.75, 3.05) is 13.1 Å². The molecule has 0 bridgehead atoms. The van der Waals surface area contributed by atoms with Crippen LogP contribution in [0.2, 0.25) is 0 Å². The van der Waals surface area contributed by atoms with Crippen LogP contribution >= 0.6 is 8.61 Å². The molecule has 0 fully saturated rings. The van der Waals surface area contributed by atoms with E-state index >= 15 is 0 Å². The molecule has 0 unspecified atom stereocenters. The maximum absolute atomic E-state index is 9.99. The highest BCUT2D eigenvalue weighted by molar-refractivity contribution is 7.20. The number of hydrogen-bond acceptors (Lipinski definition) is 1. The lowest BCUT2D eigenvalue weighted by atomic mass is 10.7. The topological polar surface area (TPSA) is 20.3 Å². The summed E-state index contributed by atoms with van der Waals surface area (Å²) in [5.74, 6) is 0. The van der Waals surface area contributed by atoms with Gasteiger partial charge in [0.15, 0.2) is 0 Å². The Morgan fingerprint density at radius 1 is 1.43 bits per heavy atom. The molecule has 0 aromatic heterocycles. The molecule has 0 saturated heterocycles. The molecule has 0 radical (unpaired) electrons. The fourth-order valence-electron chi connectivity index (χ4n) is 0.339. The zero-order valence-corrected chi connectivity index (χ0v) is 5.61. The van der Waals surface area contributed by atoms with Gasteiger partial charge >= 0.3 is 0 Å². The highest BCUT2D eigenvalue weighted by Crippen LogP contribution is 2.00. The first-order chi connectivity index (χ1) is 3.35. The molecule has 0 aromatic carbocycles. The van der Waals surface area contributed by atoms with Gasteiger partial charge in [0, 0.05) is 13.1 Å². The second-order valence-electron chi connectivity index (χ2n) is 1.22. The van der Waals surface area contributed by atoms with Gasteiger partial charge in [-0.1, -0.05) is 13.8 Å². The third-order valence-corrected chi connectivity index (χ3v) is 1.64. The Hall–Kier alpha value is 0.0600. The highest BCUT2D eigenvalue weighted by atomic mass is 31.1. The molecule has 42 valence electrons. The summed E-state index contributed by atoms with van der Waals surface area (Å²) in [6.07, 6.45) is 0. The van der Waals surface area contributed by atoms with Crippen molar-refractivity contribution in [2.45, 2.75) is 13.8 Å². The average Bonchev–Trinajstić information content (AvgIpc) is 1.72. The van der Waals surface area contributed by atoms with Crippen molar-refractivity contribution >= 4 is 8.61 Å². The summed E-state index contributed by atoms with van der Waals surface area (Å²) in [7, 11) is 0.143. The smallest absolute Gasteiger partial charge is 0.248 e. The van der Waals surface area contributed by atoms with E-state index in [4.69, 9.17) is 0 Å². The van der Waals surface area contributed by atoms with Crippen molar-refractivity contribution in [3.63, 3.8) is 0 Å². The van der Waals surface area contributed by atoms with Crippen molar-refractivity contribution in [1.82, 2.24) is 4.67 Å². The second-order valence-corrected chi connectivity index (χ2v) is 1.95. The van der Waals surface area contributed by atoms with Crippen molar-refractivity contribution in [3.05, 3.63) is 0 Å². The van der Waals surface area contributed by atoms with Crippen LogP contribution in [0.1, 0.15) is 13.8 Å². The Morgan fingerprint density at radius 3 is 1.86 bits per heavy atom. The van der Waals surface area contributed by atoms with Gasteiger partial charge in [0.2, 0.25) is 8.61 Å². The predicted molar refractivity (Wildman–Crippen MR) is 30.5 cm³/mol. The van der Waals surface area contributed by atoms with Crippen LogP contribution < -0.4 is 0 Å². The molecule has 0 amide bonds. The van der Waals surface area contributed by atoms with Crippen LogP contribution in [0.3, 0.4) is 0 Å². The van der Waals surface area contributed by atoms with Crippen molar-refractivity contribution in [2.24, 2.45) is 0 Å². The van der Waals surface area contributed by atoms with Crippen LogP contribution in [0.25, 0.3) is 0 Å². The normalized spacial score (nSPS) is 10.7. The summed E-state index contributed by atoms with van der Waals surface area (Å²) in [4.78, 5) is 0. The van der Waals surface area contributed by atoms with Crippen LogP contribution in [0, 0.1) is 0 Å². The summed E-state index contributed by atoms with van der Waals surface area (Å²) in [6.45, 7) is 5.69. The summed E-state index contributed by atoms with van der Waals surface area (Å²) in [5, 5.41) is 0. The standard InChI is InChI=1S/C4H10NOP/c1-3-5(4-2)7-6/h3-4H2,1-2H3. The van der Waals surface area contributed by atoms with Crippen molar-refractivity contribution in [1.29, 1.82) is 0 Å². The van der Waals surface area contributed by atoms with Gasteiger partial charge in [-0.25, -0.2) is 4.67 Å². The lowest BCUT2D eigenvalue weighted by Gasteiger charge is -2.03. The minimum atomic E-state index is 0.143. The minimum absolute atomic E-state index is 0.143. The Labute approximate surface area is 45.8 Å². The van der Waals surface area contributed by atoms with Crippen LogP contribution in [-0.4, -0.2) is 17.8 Å². The van der Waals surface area contributed by atoms with E-state index in [-0.39, 0.29) is 8.61 Å². The Balaban J connectivity index is 3.16. The van der Waals surface area contributed by atoms with Gasteiger partial charge in [0.05, 0.1) is 0 Å². The SMILES string of the molecule is CCN(CC)P=O. The first-order valence-corrected chi connectivity index (χ1v) is 3.19. The summed E-state index contributed by atoms with van der Waals surface area (Å²) >= 11 is 0. The Morgan fingerprint density at radius 2 is 1.86 bits per heavy atom.